The van der Waals surface area contributed by atoms with E-state index in [-0.39, 0.29) is 18.2 Å². The van der Waals surface area contributed by atoms with Crippen molar-refractivity contribution in [3.8, 4) is 0 Å². The quantitative estimate of drug-likeness (QED) is 0.814. The molecule has 2 aromatic rings. The van der Waals surface area contributed by atoms with Crippen LogP contribution in [0.3, 0.4) is 0 Å². The lowest BCUT2D eigenvalue weighted by Gasteiger charge is -2.11. The Balaban J connectivity index is 0.00000200. The maximum Gasteiger partial charge on any atom is 0.123 e. The van der Waals surface area contributed by atoms with E-state index in [4.69, 9.17) is 0 Å². The van der Waals surface area contributed by atoms with Gasteiger partial charge < -0.3 is 4.90 Å². The van der Waals surface area contributed by atoms with Crippen molar-refractivity contribution in [3.05, 3.63) is 77.6 Å². The zero-order chi connectivity index (χ0) is 13.7. The minimum atomic E-state index is -0.205. The summed E-state index contributed by atoms with van der Waals surface area (Å²) in [6.07, 6.45) is 2.17. The minimum Gasteiger partial charge on any atom is -0.306 e. The summed E-state index contributed by atoms with van der Waals surface area (Å²) in [6.45, 7) is 0.849. The number of rotatable bonds is 4. The Morgan fingerprint density at radius 2 is 1.50 bits per heavy atom. The lowest BCUT2D eigenvalue weighted by atomic mass is 9.97. The van der Waals surface area contributed by atoms with Crippen molar-refractivity contribution in [2.75, 3.05) is 20.6 Å². The molecule has 0 aliphatic rings. The van der Waals surface area contributed by atoms with Gasteiger partial charge in [-0.3, -0.25) is 0 Å². The molecule has 0 saturated carbocycles. The summed E-state index contributed by atoms with van der Waals surface area (Å²) >= 11 is 0. The van der Waals surface area contributed by atoms with E-state index < -0.39 is 0 Å². The Labute approximate surface area is 126 Å². The molecule has 2 aromatic carbocycles. The molecule has 0 N–H and O–H groups in total. The van der Waals surface area contributed by atoms with Crippen molar-refractivity contribution in [3.63, 3.8) is 0 Å². The summed E-state index contributed by atoms with van der Waals surface area (Å²) in [6, 6.07) is 16.8. The van der Waals surface area contributed by atoms with Gasteiger partial charge in [0.05, 0.1) is 0 Å². The molecular formula is C17H19ClFN. The fourth-order valence-electron chi connectivity index (χ4n) is 1.92. The average molecular weight is 292 g/mol. The third-order valence-corrected chi connectivity index (χ3v) is 2.90. The average Bonchev–Trinajstić information content (AvgIpc) is 2.42. The second-order valence-electron chi connectivity index (χ2n) is 4.75. The van der Waals surface area contributed by atoms with Crippen molar-refractivity contribution in [2.45, 2.75) is 0 Å². The highest BCUT2D eigenvalue weighted by atomic mass is 35.5. The number of hydrogen-bond acceptors (Lipinski definition) is 1. The molecule has 0 aliphatic carbocycles. The first-order valence-corrected chi connectivity index (χ1v) is 6.33. The molecule has 106 valence electrons. The first-order chi connectivity index (χ1) is 9.16. The van der Waals surface area contributed by atoms with Crippen LogP contribution in [0, 0.1) is 5.82 Å². The van der Waals surface area contributed by atoms with Gasteiger partial charge >= 0.3 is 0 Å². The molecule has 0 amide bonds. The molecule has 0 saturated heterocycles. The highest BCUT2D eigenvalue weighted by molar-refractivity contribution is 5.85. The van der Waals surface area contributed by atoms with Crippen LogP contribution in [0.15, 0.2) is 60.7 Å². The van der Waals surface area contributed by atoms with Gasteiger partial charge in [-0.1, -0.05) is 48.5 Å². The first-order valence-electron chi connectivity index (χ1n) is 6.33. The summed E-state index contributed by atoms with van der Waals surface area (Å²) in [7, 11) is 4.06. The number of benzene rings is 2. The van der Waals surface area contributed by atoms with Crippen molar-refractivity contribution >= 4 is 18.0 Å². The van der Waals surface area contributed by atoms with Gasteiger partial charge in [0.15, 0.2) is 0 Å². The summed E-state index contributed by atoms with van der Waals surface area (Å²) in [4.78, 5) is 2.10. The van der Waals surface area contributed by atoms with Gasteiger partial charge in [-0.25, -0.2) is 4.39 Å². The molecule has 0 spiro atoms. The smallest absolute Gasteiger partial charge is 0.123 e. The molecule has 2 rings (SSSR count). The molecule has 1 nitrogen and oxygen atoms in total. The van der Waals surface area contributed by atoms with Gasteiger partial charge in [-0.2, -0.15) is 0 Å². The molecule has 3 heteroatoms. The van der Waals surface area contributed by atoms with Crippen molar-refractivity contribution < 1.29 is 4.39 Å². The number of likely N-dealkylation sites (N-methyl/N-ethyl adjacent to an activating group) is 1. The third kappa shape index (κ3) is 4.48. The molecule has 0 fully saturated rings. The number of hydrogen-bond donors (Lipinski definition) is 0. The van der Waals surface area contributed by atoms with E-state index in [9.17, 15) is 4.39 Å². The van der Waals surface area contributed by atoms with E-state index in [2.05, 4.69) is 23.1 Å². The van der Waals surface area contributed by atoms with Crippen molar-refractivity contribution in [1.82, 2.24) is 4.90 Å². The molecule has 0 atom stereocenters. The van der Waals surface area contributed by atoms with Crippen molar-refractivity contribution in [1.29, 1.82) is 0 Å². The monoisotopic (exact) mass is 291 g/mol. The normalized spacial score (nSPS) is 11.3. The van der Waals surface area contributed by atoms with Crippen LogP contribution in [-0.2, 0) is 0 Å². The van der Waals surface area contributed by atoms with Gasteiger partial charge in [0.1, 0.15) is 5.82 Å². The van der Waals surface area contributed by atoms with Crippen LogP contribution in [0.4, 0.5) is 4.39 Å². The first kappa shape index (κ1) is 16.4. The van der Waals surface area contributed by atoms with Gasteiger partial charge in [0.2, 0.25) is 0 Å². The van der Waals surface area contributed by atoms with Gasteiger partial charge in [0.25, 0.3) is 0 Å². The predicted octanol–water partition coefficient (Wildman–Crippen LogP) is 4.24. The van der Waals surface area contributed by atoms with Crippen LogP contribution in [0.25, 0.3) is 5.57 Å². The number of halogens is 2. The zero-order valence-electron chi connectivity index (χ0n) is 11.7. The molecule has 0 aliphatic heterocycles. The standard InChI is InChI=1S/C17H18FN.ClH/c1-19(2)13-12-17(14-6-4-3-5-7-14)15-8-10-16(18)11-9-15;/h3-12H,13H2,1-2H3;1H/b17-12-;. The van der Waals surface area contributed by atoms with Crippen LogP contribution >= 0.6 is 12.4 Å². The highest BCUT2D eigenvalue weighted by Gasteiger charge is 2.04. The van der Waals surface area contributed by atoms with Crippen LogP contribution < -0.4 is 0 Å². The predicted molar refractivity (Wildman–Crippen MR) is 85.7 cm³/mol. The van der Waals surface area contributed by atoms with E-state index in [1.54, 1.807) is 0 Å². The van der Waals surface area contributed by atoms with E-state index in [1.807, 2.05) is 44.4 Å². The minimum absolute atomic E-state index is 0. The Bertz CT molecular complexity index is 547. The summed E-state index contributed by atoms with van der Waals surface area (Å²) in [5.74, 6) is -0.205. The summed E-state index contributed by atoms with van der Waals surface area (Å²) in [5, 5.41) is 0. The maximum absolute atomic E-state index is 13.0. The Morgan fingerprint density at radius 3 is 2.05 bits per heavy atom. The van der Waals surface area contributed by atoms with Crippen LogP contribution in [-0.4, -0.2) is 25.5 Å². The molecule has 0 heterocycles. The summed E-state index contributed by atoms with van der Waals surface area (Å²) < 4.78 is 13.0. The molecule has 0 aromatic heterocycles. The molecule has 20 heavy (non-hydrogen) atoms. The Hall–Kier alpha value is -1.64. The fourth-order valence-corrected chi connectivity index (χ4v) is 1.92. The number of nitrogens with zero attached hydrogens (tertiary/aromatic N) is 1. The Morgan fingerprint density at radius 1 is 0.950 bits per heavy atom. The Kier molecular flexibility index (Phi) is 6.43. The largest absolute Gasteiger partial charge is 0.306 e. The SMILES string of the molecule is CN(C)C/C=C(/c1ccccc1)c1ccc(F)cc1.Cl. The van der Waals surface area contributed by atoms with Gasteiger partial charge in [-0.05, 0) is 42.9 Å². The van der Waals surface area contributed by atoms with Gasteiger partial charge in [-0.15, -0.1) is 12.4 Å². The van der Waals surface area contributed by atoms with E-state index >= 15 is 0 Å². The molecule has 0 radical (unpaired) electrons. The van der Waals surface area contributed by atoms with Crippen LogP contribution in [0.2, 0.25) is 0 Å². The second-order valence-corrected chi connectivity index (χ2v) is 4.75. The third-order valence-electron chi connectivity index (χ3n) is 2.90. The topological polar surface area (TPSA) is 3.24 Å². The summed E-state index contributed by atoms with van der Waals surface area (Å²) in [5.41, 5.74) is 3.32. The molecule has 0 bridgehead atoms. The maximum atomic E-state index is 13.0. The van der Waals surface area contributed by atoms with Crippen LogP contribution in [0.1, 0.15) is 11.1 Å². The van der Waals surface area contributed by atoms with Crippen LogP contribution in [0.5, 0.6) is 0 Å². The van der Waals surface area contributed by atoms with Crippen molar-refractivity contribution in [2.24, 2.45) is 0 Å². The van der Waals surface area contributed by atoms with Gasteiger partial charge in [0, 0.05) is 6.54 Å². The molecule has 0 unspecified atom stereocenters. The van der Waals surface area contributed by atoms with E-state index in [0.29, 0.717) is 0 Å². The van der Waals surface area contributed by atoms with E-state index in [1.165, 1.54) is 12.1 Å². The fraction of sp³-hybridized carbons (Fsp3) is 0.176. The lowest BCUT2D eigenvalue weighted by molar-refractivity contribution is 0.457. The molecular weight excluding hydrogens is 273 g/mol. The second kappa shape index (κ2) is 7.83. The zero-order valence-corrected chi connectivity index (χ0v) is 12.5. The van der Waals surface area contributed by atoms with E-state index in [0.717, 1.165) is 23.2 Å². The highest BCUT2D eigenvalue weighted by Crippen LogP contribution is 2.23. The lowest BCUT2D eigenvalue weighted by Crippen LogP contribution is -2.11.